The van der Waals surface area contributed by atoms with Crippen LogP contribution in [0.1, 0.15) is 107 Å². The van der Waals surface area contributed by atoms with Crippen molar-refractivity contribution < 1.29 is 14.9 Å². The van der Waals surface area contributed by atoms with Gasteiger partial charge in [-0.05, 0) is 91.8 Å². The third kappa shape index (κ3) is 3.24. The van der Waals surface area contributed by atoms with Crippen molar-refractivity contribution in [2.75, 3.05) is 0 Å². The van der Waals surface area contributed by atoms with Crippen molar-refractivity contribution in [2.45, 2.75) is 124 Å². The second kappa shape index (κ2) is 6.94. The summed E-state index contributed by atoms with van der Waals surface area (Å²) in [7, 11) is 0. The molecule has 5 fully saturated rings. The molecule has 30 heavy (non-hydrogen) atoms. The zero-order valence-electron chi connectivity index (χ0n) is 20.9. The average molecular weight is 421 g/mol. The molecular formula is C27H48O3. The molecule has 5 rings (SSSR count). The largest absolute Gasteiger partial charge is 0.389 e. The van der Waals surface area contributed by atoms with E-state index in [0.717, 1.165) is 44.9 Å². The molecule has 5 saturated carbocycles. The molecule has 0 aromatic rings. The van der Waals surface area contributed by atoms with Crippen LogP contribution in [-0.2, 0) is 4.74 Å². The molecule has 0 radical (unpaired) electrons. The van der Waals surface area contributed by atoms with Gasteiger partial charge in [-0.15, -0.1) is 0 Å². The van der Waals surface area contributed by atoms with Crippen LogP contribution < -0.4 is 0 Å². The molecule has 2 N–H and O–H groups in total. The fraction of sp³-hybridized carbons (Fsp3) is 1.00. The van der Waals surface area contributed by atoms with Gasteiger partial charge in [-0.25, -0.2) is 0 Å². The SMILES string of the molecule is CC1CC2CC3CCC2(OC(O)C(C)(C(C)(C)C)C(C)(C)C)CC2CC(C2)C1(O)C3. The number of rotatable bonds is 3. The lowest BCUT2D eigenvalue weighted by molar-refractivity contribution is -0.304. The van der Waals surface area contributed by atoms with Gasteiger partial charge >= 0.3 is 0 Å². The van der Waals surface area contributed by atoms with Gasteiger partial charge in [0.1, 0.15) is 0 Å². The molecule has 0 heterocycles. The standard InChI is InChI=1S/C27H48O3/c1-17-11-20-12-18-9-10-26(20,15-19-13-21(14-19)27(17,29)16-18)30-22(28)25(8,23(2,3)4)24(5,6)7/h17-22,28-29H,9-16H2,1-8H3. The van der Waals surface area contributed by atoms with Crippen molar-refractivity contribution in [3.63, 3.8) is 0 Å². The van der Waals surface area contributed by atoms with Crippen molar-refractivity contribution in [3.05, 3.63) is 0 Å². The first-order chi connectivity index (χ1) is 13.6. The van der Waals surface area contributed by atoms with Gasteiger partial charge in [-0.2, -0.15) is 0 Å². The third-order valence-corrected chi connectivity index (χ3v) is 11.0. The van der Waals surface area contributed by atoms with E-state index in [1.54, 1.807) is 0 Å². The molecule has 5 bridgehead atoms. The number of hydrogen-bond donors (Lipinski definition) is 2. The maximum Gasteiger partial charge on any atom is 0.161 e. The van der Waals surface area contributed by atoms with E-state index in [0.29, 0.717) is 29.6 Å². The first kappa shape index (κ1) is 23.1. The van der Waals surface area contributed by atoms with E-state index in [-0.39, 0.29) is 21.8 Å². The minimum absolute atomic E-state index is 0.0877. The first-order valence-electron chi connectivity index (χ1n) is 12.7. The van der Waals surface area contributed by atoms with Crippen LogP contribution in [0, 0.1) is 45.8 Å². The second-order valence-electron chi connectivity index (χ2n) is 14.1. The number of aliphatic hydroxyl groups is 2. The Bertz CT molecular complexity index is 638. The van der Waals surface area contributed by atoms with E-state index in [4.69, 9.17) is 4.74 Å². The summed E-state index contributed by atoms with van der Waals surface area (Å²) in [6, 6.07) is 0. The Balaban J connectivity index is 1.71. The Hall–Kier alpha value is -0.120. The minimum Gasteiger partial charge on any atom is -0.389 e. The van der Waals surface area contributed by atoms with E-state index < -0.39 is 11.9 Å². The molecule has 174 valence electrons. The van der Waals surface area contributed by atoms with Gasteiger partial charge in [0, 0.05) is 5.41 Å². The summed E-state index contributed by atoms with van der Waals surface area (Å²) in [5, 5.41) is 23.5. The van der Waals surface area contributed by atoms with Crippen molar-refractivity contribution in [1.29, 1.82) is 0 Å². The third-order valence-electron chi connectivity index (χ3n) is 11.0. The Labute approximate surface area is 185 Å². The maximum absolute atomic E-state index is 11.8. The minimum atomic E-state index is -0.789. The molecule has 3 nitrogen and oxygen atoms in total. The summed E-state index contributed by atoms with van der Waals surface area (Å²) < 4.78 is 7.01. The molecule has 0 amide bonds. The number of fused-ring (bicyclic) bond motifs is 1. The normalized spacial score (nSPS) is 45.2. The molecule has 5 aliphatic rings. The number of hydrogen-bond acceptors (Lipinski definition) is 3. The quantitative estimate of drug-likeness (QED) is 0.537. The highest BCUT2D eigenvalue weighted by Gasteiger charge is 2.61. The van der Waals surface area contributed by atoms with E-state index in [1.165, 1.54) is 6.42 Å². The monoisotopic (exact) mass is 420 g/mol. The van der Waals surface area contributed by atoms with Crippen LogP contribution in [0.15, 0.2) is 0 Å². The van der Waals surface area contributed by atoms with Crippen LogP contribution >= 0.6 is 0 Å². The number of ether oxygens (including phenoxy) is 1. The van der Waals surface area contributed by atoms with Crippen LogP contribution in [0.5, 0.6) is 0 Å². The van der Waals surface area contributed by atoms with Gasteiger partial charge in [0.25, 0.3) is 0 Å². The molecule has 0 aromatic carbocycles. The summed E-state index contributed by atoms with van der Waals surface area (Å²) in [5.74, 6) is 2.52. The summed E-state index contributed by atoms with van der Waals surface area (Å²) in [6.07, 6.45) is 7.98. The van der Waals surface area contributed by atoms with Crippen LogP contribution in [0.25, 0.3) is 0 Å². The lowest BCUT2D eigenvalue weighted by Crippen LogP contribution is -2.58. The fourth-order valence-corrected chi connectivity index (χ4v) is 8.22. The van der Waals surface area contributed by atoms with Gasteiger partial charge in [0.2, 0.25) is 0 Å². The lowest BCUT2D eigenvalue weighted by atomic mass is 9.54. The maximum atomic E-state index is 11.8. The highest BCUT2D eigenvalue weighted by Crippen LogP contribution is 2.62. The number of aliphatic hydroxyl groups excluding tert-OH is 1. The molecule has 0 saturated heterocycles. The smallest absolute Gasteiger partial charge is 0.161 e. The first-order valence-corrected chi connectivity index (χ1v) is 12.7. The molecule has 0 spiro atoms. The predicted molar refractivity (Wildman–Crippen MR) is 122 cm³/mol. The van der Waals surface area contributed by atoms with Crippen molar-refractivity contribution >= 4 is 0 Å². The fourth-order valence-electron chi connectivity index (χ4n) is 8.22. The lowest BCUT2D eigenvalue weighted by Gasteiger charge is -2.58. The predicted octanol–water partition coefficient (Wildman–Crippen LogP) is 6.17. The molecule has 5 aliphatic carbocycles. The van der Waals surface area contributed by atoms with Crippen LogP contribution in [0.3, 0.4) is 0 Å². The Morgan fingerprint density at radius 2 is 1.40 bits per heavy atom. The van der Waals surface area contributed by atoms with E-state index in [1.807, 2.05) is 0 Å². The van der Waals surface area contributed by atoms with E-state index >= 15 is 0 Å². The average Bonchev–Trinajstić information content (AvgIpc) is 2.63. The summed E-state index contributed by atoms with van der Waals surface area (Å²) in [6.45, 7) is 18.0. The molecular weight excluding hydrogens is 372 g/mol. The highest BCUT2D eigenvalue weighted by atomic mass is 16.6. The zero-order valence-corrected chi connectivity index (χ0v) is 20.9. The summed E-state index contributed by atoms with van der Waals surface area (Å²) in [5.41, 5.74) is -1.25. The summed E-state index contributed by atoms with van der Waals surface area (Å²) >= 11 is 0. The summed E-state index contributed by atoms with van der Waals surface area (Å²) in [4.78, 5) is 0. The van der Waals surface area contributed by atoms with Crippen molar-refractivity contribution in [3.8, 4) is 0 Å². The van der Waals surface area contributed by atoms with Gasteiger partial charge in [-0.3, -0.25) is 0 Å². The molecule has 0 aliphatic heterocycles. The Morgan fingerprint density at radius 3 is 1.97 bits per heavy atom. The Morgan fingerprint density at radius 1 is 0.833 bits per heavy atom. The van der Waals surface area contributed by atoms with Gasteiger partial charge in [0.15, 0.2) is 6.29 Å². The van der Waals surface area contributed by atoms with Gasteiger partial charge in [0.05, 0.1) is 11.2 Å². The molecule has 3 heteroatoms. The van der Waals surface area contributed by atoms with E-state index in [2.05, 4.69) is 55.4 Å². The highest BCUT2D eigenvalue weighted by molar-refractivity contribution is 5.10. The Kier molecular flexibility index (Phi) is 5.33. The van der Waals surface area contributed by atoms with E-state index in [9.17, 15) is 10.2 Å². The second-order valence-corrected chi connectivity index (χ2v) is 14.1. The van der Waals surface area contributed by atoms with Crippen LogP contribution in [-0.4, -0.2) is 27.7 Å². The topological polar surface area (TPSA) is 49.7 Å². The molecule has 6 unspecified atom stereocenters. The van der Waals surface area contributed by atoms with Crippen LogP contribution in [0.2, 0.25) is 0 Å². The van der Waals surface area contributed by atoms with Crippen molar-refractivity contribution in [2.24, 2.45) is 45.8 Å². The van der Waals surface area contributed by atoms with Crippen LogP contribution in [0.4, 0.5) is 0 Å². The molecule has 6 atom stereocenters. The molecule has 0 aromatic heterocycles. The van der Waals surface area contributed by atoms with Crippen molar-refractivity contribution in [1.82, 2.24) is 0 Å². The zero-order chi connectivity index (χ0) is 22.3. The van der Waals surface area contributed by atoms with Gasteiger partial charge in [-0.1, -0.05) is 55.4 Å². The van der Waals surface area contributed by atoms with Gasteiger partial charge < -0.3 is 14.9 Å².